The second-order valence-electron chi connectivity index (χ2n) is 5.38. The van der Waals surface area contributed by atoms with Crippen LogP contribution in [0.4, 0.5) is 5.82 Å². The predicted molar refractivity (Wildman–Crippen MR) is 68.8 cm³/mol. The maximum absolute atomic E-state index is 6.24. The molecule has 2 aromatic heterocycles. The highest BCUT2D eigenvalue weighted by atomic mass is 35.5. The van der Waals surface area contributed by atoms with Crippen molar-refractivity contribution >= 4 is 23.1 Å². The van der Waals surface area contributed by atoms with Gasteiger partial charge < -0.3 is 4.90 Å². The van der Waals surface area contributed by atoms with E-state index >= 15 is 0 Å². The molecule has 0 radical (unpaired) electrons. The van der Waals surface area contributed by atoms with Gasteiger partial charge >= 0.3 is 0 Å². The van der Waals surface area contributed by atoms with Crippen LogP contribution in [0.25, 0.3) is 5.65 Å². The lowest BCUT2D eigenvalue weighted by molar-refractivity contribution is 0.510. The zero-order valence-electron chi connectivity index (χ0n) is 10.2. The third kappa shape index (κ3) is 1.51. The molecule has 0 atom stereocenters. The van der Waals surface area contributed by atoms with Crippen LogP contribution >= 0.6 is 11.6 Å². The molecule has 3 heterocycles. The van der Waals surface area contributed by atoms with Crippen LogP contribution in [0.5, 0.6) is 0 Å². The summed E-state index contributed by atoms with van der Waals surface area (Å²) in [4.78, 5) is 6.71. The van der Waals surface area contributed by atoms with Crippen LogP contribution in [0.2, 0.25) is 5.15 Å². The van der Waals surface area contributed by atoms with Gasteiger partial charge in [0, 0.05) is 23.7 Å². The van der Waals surface area contributed by atoms with Gasteiger partial charge in [-0.15, -0.1) is 0 Å². The molecule has 0 saturated carbocycles. The Morgan fingerprint density at radius 1 is 1.35 bits per heavy atom. The van der Waals surface area contributed by atoms with Crippen molar-refractivity contribution in [2.75, 3.05) is 11.4 Å². The molecule has 0 aliphatic carbocycles. The van der Waals surface area contributed by atoms with Crippen molar-refractivity contribution < 1.29 is 0 Å². The van der Waals surface area contributed by atoms with E-state index in [2.05, 4.69) is 35.8 Å². The fourth-order valence-corrected chi connectivity index (χ4v) is 2.67. The summed E-state index contributed by atoms with van der Waals surface area (Å²) in [6.45, 7) is 7.57. The minimum absolute atomic E-state index is 0.0643. The maximum atomic E-state index is 6.24. The molecular formula is C12H15ClN4. The fourth-order valence-electron chi connectivity index (χ4n) is 2.41. The Balaban J connectivity index is 2.31. The number of hydrogen-bond donors (Lipinski definition) is 0. The number of hydrogen-bond acceptors (Lipinski definition) is 3. The summed E-state index contributed by atoms with van der Waals surface area (Å²) in [6.07, 6.45) is 2.70. The molecule has 1 aliphatic heterocycles. The molecule has 0 aromatic carbocycles. The van der Waals surface area contributed by atoms with Gasteiger partial charge in [-0.1, -0.05) is 11.6 Å². The van der Waals surface area contributed by atoms with Crippen LogP contribution in [-0.4, -0.2) is 26.7 Å². The molecule has 0 spiro atoms. The first-order chi connectivity index (χ1) is 7.98. The number of rotatable bonds is 0. The number of fused-ring (bicyclic) bond motifs is 3. The number of anilines is 1. The Morgan fingerprint density at radius 2 is 2.12 bits per heavy atom. The number of nitrogens with zero attached hydrogens (tertiary/aromatic N) is 4. The van der Waals surface area contributed by atoms with Crippen LogP contribution in [0.1, 0.15) is 26.3 Å². The third-order valence-corrected chi connectivity index (χ3v) is 3.52. The minimum atomic E-state index is 0.0643. The average molecular weight is 251 g/mol. The lowest BCUT2D eigenvalue weighted by Crippen LogP contribution is -2.41. The van der Waals surface area contributed by atoms with Crippen LogP contribution in [0, 0.1) is 0 Å². The lowest BCUT2D eigenvalue weighted by Gasteiger charge is -2.34. The molecular weight excluding hydrogens is 236 g/mol. The summed E-state index contributed by atoms with van der Waals surface area (Å²) < 4.78 is 1.89. The Hall–Kier alpha value is -1.29. The van der Waals surface area contributed by atoms with E-state index in [0.29, 0.717) is 5.15 Å². The molecule has 3 rings (SSSR count). The van der Waals surface area contributed by atoms with Crippen LogP contribution in [0.3, 0.4) is 0 Å². The number of halogens is 1. The normalized spacial score (nSPS) is 15.6. The molecule has 0 saturated heterocycles. The van der Waals surface area contributed by atoms with E-state index in [4.69, 9.17) is 11.6 Å². The monoisotopic (exact) mass is 250 g/mol. The quantitative estimate of drug-likeness (QED) is 0.674. The zero-order chi connectivity index (χ0) is 12.2. The summed E-state index contributed by atoms with van der Waals surface area (Å²) in [5.74, 6) is 1.09. The van der Waals surface area contributed by atoms with Gasteiger partial charge in [0.2, 0.25) is 0 Å². The Kier molecular flexibility index (Phi) is 2.14. The highest BCUT2D eigenvalue weighted by Gasteiger charge is 2.32. The topological polar surface area (TPSA) is 33.4 Å². The van der Waals surface area contributed by atoms with Crippen molar-refractivity contribution in [2.24, 2.45) is 0 Å². The predicted octanol–water partition coefficient (Wildman–Crippen LogP) is 2.54. The van der Waals surface area contributed by atoms with E-state index in [1.165, 1.54) is 0 Å². The molecule has 0 fully saturated rings. The van der Waals surface area contributed by atoms with Crippen LogP contribution < -0.4 is 4.90 Å². The summed E-state index contributed by atoms with van der Waals surface area (Å²) >= 11 is 6.24. The molecule has 0 bridgehead atoms. The van der Waals surface area contributed by atoms with Gasteiger partial charge in [-0.05, 0) is 27.2 Å². The van der Waals surface area contributed by atoms with E-state index < -0.39 is 0 Å². The molecule has 0 unspecified atom stereocenters. The van der Waals surface area contributed by atoms with E-state index in [1.807, 2.05) is 10.6 Å². The van der Waals surface area contributed by atoms with E-state index in [-0.39, 0.29) is 5.54 Å². The summed E-state index contributed by atoms with van der Waals surface area (Å²) in [5, 5.41) is 4.96. The van der Waals surface area contributed by atoms with E-state index in [0.717, 1.165) is 30.0 Å². The van der Waals surface area contributed by atoms with Crippen LogP contribution in [-0.2, 0) is 6.42 Å². The third-order valence-electron chi connectivity index (χ3n) is 3.21. The van der Waals surface area contributed by atoms with Gasteiger partial charge in [0.05, 0.1) is 6.20 Å². The van der Waals surface area contributed by atoms with Crippen molar-refractivity contribution in [1.29, 1.82) is 0 Å². The molecule has 4 nitrogen and oxygen atoms in total. The molecule has 1 aliphatic rings. The standard InChI is InChI=1S/C12H15ClN4/c1-12(2,3)16-7-5-8-10(13)15-9-4-6-14-17(9)11(8)16/h4,6H,5,7H2,1-3H3. The first-order valence-electron chi connectivity index (χ1n) is 5.78. The van der Waals surface area contributed by atoms with Gasteiger partial charge in [0.1, 0.15) is 11.0 Å². The van der Waals surface area contributed by atoms with E-state index in [9.17, 15) is 0 Å². The lowest BCUT2D eigenvalue weighted by atomic mass is 10.1. The van der Waals surface area contributed by atoms with Crippen molar-refractivity contribution in [3.63, 3.8) is 0 Å². The van der Waals surface area contributed by atoms with Crippen molar-refractivity contribution in [3.05, 3.63) is 23.0 Å². The highest BCUT2D eigenvalue weighted by Crippen LogP contribution is 2.36. The average Bonchev–Trinajstić information content (AvgIpc) is 2.78. The SMILES string of the molecule is CC(C)(C)N1CCc2c(Cl)nc3ccnn3c21. The molecule has 2 aromatic rings. The second kappa shape index (κ2) is 3.35. The molecule has 90 valence electrons. The smallest absolute Gasteiger partial charge is 0.159 e. The second-order valence-corrected chi connectivity index (χ2v) is 5.74. The van der Waals surface area contributed by atoms with Gasteiger partial charge in [0.25, 0.3) is 0 Å². The molecule has 17 heavy (non-hydrogen) atoms. The summed E-state index contributed by atoms with van der Waals surface area (Å²) in [5.41, 5.74) is 1.98. The van der Waals surface area contributed by atoms with E-state index in [1.54, 1.807) is 6.20 Å². The first kappa shape index (κ1) is 10.8. The number of aromatic nitrogens is 3. The van der Waals surface area contributed by atoms with Crippen molar-refractivity contribution in [3.8, 4) is 0 Å². The summed E-state index contributed by atoms with van der Waals surface area (Å²) in [6, 6.07) is 1.88. The van der Waals surface area contributed by atoms with Gasteiger partial charge in [-0.25, -0.2) is 4.98 Å². The fraction of sp³-hybridized carbons (Fsp3) is 0.500. The van der Waals surface area contributed by atoms with Crippen molar-refractivity contribution in [2.45, 2.75) is 32.7 Å². The minimum Gasteiger partial charge on any atom is -0.351 e. The molecule has 0 N–H and O–H groups in total. The van der Waals surface area contributed by atoms with Crippen molar-refractivity contribution in [1.82, 2.24) is 14.6 Å². The Bertz CT molecular complexity index is 582. The highest BCUT2D eigenvalue weighted by molar-refractivity contribution is 6.30. The van der Waals surface area contributed by atoms with Crippen LogP contribution in [0.15, 0.2) is 12.3 Å². The van der Waals surface area contributed by atoms with Gasteiger partial charge in [-0.2, -0.15) is 9.61 Å². The Morgan fingerprint density at radius 3 is 2.82 bits per heavy atom. The first-order valence-corrected chi connectivity index (χ1v) is 6.16. The maximum Gasteiger partial charge on any atom is 0.159 e. The Labute approximate surface area is 105 Å². The summed E-state index contributed by atoms with van der Waals surface area (Å²) in [7, 11) is 0. The molecule has 5 heteroatoms. The van der Waals surface area contributed by atoms with Gasteiger partial charge in [-0.3, -0.25) is 0 Å². The largest absolute Gasteiger partial charge is 0.351 e. The molecule has 0 amide bonds. The van der Waals surface area contributed by atoms with Gasteiger partial charge in [0.15, 0.2) is 5.65 Å². The zero-order valence-corrected chi connectivity index (χ0v) is 11.0.